The molecule has 0 radical (unpaired) electrons. The zero-order valence-corrected chi connectivity index (χ0v) is 9.63. The number of carboxylic acid groups (broad SMARTS) is 2. The van der Waals surface area contributed by atoms with Crippen LogP contribution in [0.5, 0.6) is 0 Å². The van der Waals surface area contributed by atoms with Crippen LogP contribution >= 0.6 is 0 Å². The van der Waals surface area contributed by atoms with Crippen molar-refractivity contribution in [2.75, 3.05) is 0 Å². The normalized spacial score (nSPS) is 10.2. The number of aliphatic carboxylic acids is 2. The molecule has 0 heterocycles. The number of carbonyl (C=O) groups is 2. The molecule has 0 spiro atoms. The van der Waals surface area contributed by atoms with E-state index >= 15 is 0 Å². The Labute approximate surface area is 94.7 Å². The van der Waals surface area contributed by atoms with E-state index in [2.05, 4.69) is 0 Å². The van der Waals surface area contributed by atoms with Crippen LogP contribution < -0.4 is 29.6 Å². The van der Waals surface area contributed by atoms with E-state index in [1.807, 2.05) is 0 Å². The second-order valence-electron chi connectivity index (χ2n) is 2.40. The maximum absolute atomic E-state index is 10.5. The fourth-order valence-electron chi connectivity index (χ4n) is 0.946. The van der Waals surface area contributed by atoms with Crippen LogP contribution in [0.15, 0.2) is 0 Å². The molecule has 66 valence electrons. The number of carboxylic acids is 2. The van der Waals surface area contributed by atoms with E-state index in [1.54, 1.807) is 13.8 Å². The molecule has 0 aromatic carbocycles. The van der Waals surface area contributed by atoms with Crippen LogP contribution in [0, 0.1) is 5.41 Å². The van der Waals surface area contributed by atoms with Crippen LogP contribution in [-0.4, -0.2) is 22.2 Å². The predicted molar refractivity (Wildman–Crippen MR) is 39.4 cm³/mol. The van der Waals surface area contributed by atoms with Crippen molar-refractivity contribution in [1.82, 2.24) is 0 Å². The molecule has 0 unspecified atom stereocenters. The summed E-state index contributed by atoms with van der Waals surface area (Å²) in [6, 6.07) is 0. The van der Waals surface area contributed by atoms with Gasteiger partial charge in [-0.3, -0.25) is 9.59 Å². The smallest absolute Gasteiger partial charge is 1.00 e. The Morgan fingerprint density at radius 2 is 1.42 bits per heavy atom. The molecular formula is C7H13NaO4. The van der Waals surface area contributed by atoms with Gasteiger partial charge in [-0.15, -0.1) is 0 Å². The summed E-state index contributed by atoms with van der Waals surface area (Å²) in [6.45, 7) is 3.12. The van der Waals surface area contributed by atoms with Crippen LogP contribution in [-0.2, 0) is 9.59 Å². The van der Waals surface area contributed by atoms with Crippen LogP contribution in [0.3, 0.4) is 0 Å². The summed E-state index contributed by atoms with van der Waals surface area (Å²) in [5.41, 5.74) is -1.58. The van der Waals surface area contributed by atoms with Crippen LogP contribution in [0.4, 0.5) is 0 Å². The standard InChI is InChI=1S/C7H12O4.Na.H/c1-3-7(4-2,5(8)9)6(10)11;;/h3-4H2,1-2H3,(H,8,9)(H,10,11);;/q;+1;-1. The number of hydrogen-bond donors (Lipinski definition) is 2. The van der Waals surface area contributed by atoms with Crippen LogP contribution in [0.1, 0.15) is 28.1 Å². The zero-order valence-electron chi connectivity index (χ0n) is 8.63. The summed E-state index contributed by atoms with van der Waals surface area (Å²) in [4.78, 5) is 21.1. The van der Waals surface area contributed by atoms with Gasteiger partial charge in [0.05, 0.1) is 0 Å². The first-order chi connectivity index (χ1) is 5.01. The summed E-state index contributed by atoms with van der Waals surface area (Å²) in [5, 5.41) is 17.2. The van der Waals surface area contributed by atoms with Crippen molar-refractivity contribution in [2.24, 2.45) is 5.41 Å². The fraction of sp³-hybridized carbons (Fsp3) is 0.714. The molecule has 0 bridgehead atoms. The molecule has 0 aliphatic carbocycles. The molecule has 0 rings (SSSR count). The van der Waals surface area contributed by atoms with Crippen molar-refractivity contribution in [3.63, 3.8) is 0 Å². The van der Waals surface area contributed by atoms with E-state index in [9.17, 15) is 9.59 Å². The maximum Gasteiger partial charge on any atom is 1.00 e. The van der Waals surface area contributed by atoms with Gasteiger partial charge in [0.1, 0.15) is 0 Å². The number of rotatable bonds is 4. The van der Waals surface area contributed by atoms with E-state index < -0.39 is 17.4 Å². The first-order valence-electron chi connectivity index (χ1n) is 3.48. The monoisotopic (exact) mass is 184 g/mol. The Balaban J connectivity index is -0.000000500. The van der Waals surface area contributed by atoms with Gasteiger partial charge in [0.25, 0.3) is 0 Å². The SMILES string of the molecule is CCC(CC)(C(=O)O)C(=O)O.[H-].[Na+]. The van der Waals surface area contributed by atoms with E-state index in [0.717, 1.165) is 0 Å². The first kappa shape index (κ1) is 14.5. The van der Waals surface area contributed by atoms with Gasteiger partial charge in [-0.2, -0.15) is 0 Å². The molecule has 0 saturated carbocycles. The minimum absolute atomic E-state index is 0. The van der Waals surface area contributed by atoms with Crippen molar-refractivity contribution in [1.29, 1.82) is 0 Å². The van der Waals surface area contributed by atoms with Crippen molar-refractivity contribution in [2.45, 2.75) is 26.7 Å². The average Bonchev–Trinajstić information content (AvgIpc) is 1.90. The van der Waals surface area contributed by atoms with Crippen molar-refractivity contribution >= 4 is 11.9 Å². The molecule has 0 amide bonds. The Hall–Kier alpha value is -0.0600. The van der Waals surface area contributed by atoms with Crippen molar-refractivity contribution < 1.29 is 50.8 Å². The van der Waals surface area contributed by atoms with Gasteiger partial charge in [-0.25, -0.2) is 0 Å². The molecule has 4 nitrogen and oxygen atoms in total. The fourth-order valence-corrected chi connectivity index (χ4v) is 0.946. The summed E-state index contributed by atoms with van der Waals surface area (Å²) >= 11 is 0. The van der Waals surface area contributed by atoms with Gasteiger partial charge in [0.15, 0.2) is 5.41 Å². The second kappa shape index (κ2) is 5.56. The van der Waals surface area contributed by atoms with E-state index in [4.69, 9.17) is 10.2 Å². The zero-order chi connectivity index (χ0) is 9.07. The van der Waals surface area contributed by atoms with E-state index in [0.29, 0.717) is 0 Å². The molecule has 0 aromatic heterocycles. The Kier molecular flexibility index (Phi) is 6.70. The van der Waals surface area contributed by atoms with Gasteiger partial charge in [-0.1, -0.05) is 13.8 Å². The molecule has 0 atom stereocenters. The molecular weight excluding hydrogens is 171 g/mol. The largest absolute Gasteiger partial charge is 1.00 e. The molecule has 0 aliphatic heterocycles. The minimum Gasteiger partial charge on any atom is -1.00 e. The van der Waals surface area contributed by atoms with Gasteiger partial charge in [0, 0.05) is 0 Å². The molecule has 2 N–H and O–H groups in total. The molecule has 12 heavy (non-hydrogen) atoms. The Morgan fingerprint density at radius 1 is 1.17 bits per heavy atom. The van der Waals surface area contributed by atoms with Gasteiger partial charge in [-0.05, 0) is 12.8 Å². The summed E-state index contributed by atoms with van der Waals surface area (Å²) in [6.07, 6.45) is 0.238. The average molecular weight is 184 g/mol. The molecule has 0 saturated heterocycles. The van der Waals surface area contributed by atoms with E-state index in [-0.39, 0.29) is 43.8 Å². The van der Waals surface area contributed by atoms with Gasteiger partial charge in [0.2, 0.25) is 0 Å². The molecule has 5 heteroatoms. The Morgan fingerprint density at radius 3 is 1.42 bits per heavy atom. The third-order valence-corrected chi connectivity index (χ3v) is 2.03. The van der Waals surface area contributed by atoms with Crippen LogP contribution in [0.2, 0.25) is 0 Å². The third kappa shape index (κ3) is 2.47. The summed E-state index contributed by atoms with van der Waals surface area (Å²) < 4.78 is 0. The van der Waals surface area contributed by atoms with Crippen molar-refractivity contribution in [3.8, 4) is 0 Å². The molecule has 0 fully saturated rings. The van der Waals surface area contributed by atoms with E-state index in [1.165, 1.54) is 0 Å². The van der Waals surface area contributed by atoms with Crippen LogP contribution in [0.25, 0.3) is 0 Å². The molecule has 0 aliphatic rings. The Bertz CT molecular complexity index is 163. The molecule has 0 aromatic rings. The predicted octanol–water partition coefficient (Wildman–Crippen LogP) is -1.92. The quantitative estimate of drug-likeness (QED) is 0.394. The maximum atomic E-state index is 10.5. The first-order valence-corrected chi connectivity index (χ1v) is 3.48. The van der Waals surface area contributed by atoms with Crippen molar-refractivity contribution in [3.05, 3.63) is 0 Å². The minimum atomic E-state index is -1.58. The second-order valence-corrected chi connectivity index (χ2v) is 2.40. The van der Waals surface area contributed by atoms with Gasteiger partial charge < -0.3 is 11.6 Å². The summed E-state index contributed by atoms with van der Waals surface area (Å²) in [5.74, 6) is -2.51. The number of hydrogen-bond acceptors (Lipinski definition) is 2. The topological polar surface area (TPSA) is 74.6 Å². The summed E-state index contributed by atoms with van der Waals surface area (Å²) in [7, 11) is 0. The third-order valence-electron chi connectivity index (χ3n) is 2.03. The van der Waals surface area contributed by atoms with Gasteiger partial charge >= 0.3 is 41.5 Å².